The van der Waals surface area contributed by atoms with Gasteiger partial charge in [-0.1, -0.05) is 6.92 Å². The largest absolute Gasteiger partial charge is 0.366 e. The van der Waals surface area contributed by atoms with Crippen LogP contribution in [0.2, 0.25) is 0 Å². The van der Waals surface area contributed by atoms with Crippen molar-refractivity contribution < 1.29 is 14.4 Å². The van der Waals surface area contributed by atoms with Crippen LogP contribution in [0, 0.1) is 0 Å². The summed E-state index contributed by atoms with van der Waals surface area (Å²) in [5, 5.41) is 5.11. The van der Waals surface area contributed by atoms with Crippen LogP contribution < -0.4 is 16.4 Å². The molecule has 6 nitrogen and oxygen atoms in total. The topological polar surface area (TPSA) is 101 Å². The molecule has 19 heavy (non-hydrogen) atoms. The minimum atomic E-state index is -0.685. The van der Waals surface area contributed by atoms with E-state index in [4.69, 9.17) is 5.73 Å². The highest BCUT2D eigenvalue weighted by Gasteiger charge is 2.14. The fraction of sp³-hybridized carbons (Fsp3) is 0.308. The third-order valence-electron chi connectivity index (χ3n) is 2.50. The molecule has 0 bridgehead atoms. The van der Waals surface area contributed by atoms with Crippen LogP contribution in [0.25, 0.3) is 0 Å². The molecule has 1 aromatic carbocycles. The van der Waals surface area contributed by atoms with Crippen LogP contribution in [0.5, 0.6) is 0 Å². The fourth-order valence-corrected chi connectivity index (χ4v) is 1.52. The average Bonchev–Trinajstić information content (AvgIpc) is 2.43. The highest BCUT2D eigenvalue weighted by atomic mass is 16.2. The minimum Gasteiger partial charge on any atom is -0.366 e. The van der Waals surface area contributed by atoms with Crippen LogP contribution in [0.1, 0.15) is 44.4 Å². The van der Waals surface area contributed by atoms with Gasteiger partial charge in [-0.3, -0.25) is 14.4 Å². The summed E-state index contributed by atoms with van der Waals surface area (Å²) in [6.07, 6.45) is 0.795. The lowest BCUT2D eigenvalue weighted by molar-refractivity contribution is 0.0953. The van der Waals surface area contributed by atoms with Gasteiger partial charge in [-0.15, -0.1) is 0 Å². The number of hydrogen-bond acceptors (Lipinski definition) is 3. The maximum Gasteiger partial charge on any atom is 0.251 e. The number of carbonyl (C=O) groups is 3. The molecule has 0 fully saturated rings. The smallest absolute Gasteiger partial charge is 0.251 e. The standard InChI is InChI=1S/C13H17N3O3/c1-3-4-16-13(19)10-6-8(11(14)17)5-9(7-10)12(18)15-2/h5-7H,3-4H2,1-2H3,(H2,14,17)(H,15,18)(H,16,19). The lowest BCUT2D eigenvalue weighted by Crippen LogP contribution is -2.26. The van der Waals surface area contributed by atoms with E-state index in [0.29, 0.717) is 6.54 Å². The van der Waals surface area contributed by atoms with Gasteiger partial charge >= 0.3 is 0 Å². The monoisotopic (exact) mass is 263 g/mol. The van der Waals surface area contributed by atoms with Gasteiger partial charge in [0, 0.05) is 30.3 Å². The molecule has 1 rings (SSSR count). The molecule has 4 N–H and O–H groups in total. The zero-order valence-corrected chi connectivity index (χ0v) is 10.9. The molecule has 0 heterocycles. The summed E-state index contributed by atoms with van der Waals surface area (Å²) in [5.41, 5.74) is 5.78. The lowest BCUT2D eigenvalue weighted by Gasteiger charge is -2.08. The normalized spacial score (nSPS) is 9.79. The van der Waals surface area contributed by atoms with Crippen molar-refractivity contribution in [1.29, 1.82) is 0 Å². The summed E-state index contributed by atoms with van der Waals surface area (Å²) >= 11 is 0. The molecule has 0 aromatic heterocycles. The van der Waals surface area contributed by atoms with Gasteiger partial charge < -0.3 is 16.4 Å². The number of rotatable bonds is 5. The van der Waals surface area contributed by atoms with Crippen molar-refractivity contribution >= 4 is 17.7 Å². The maximum absolute atomic E-state index is 11.8. The Balaban J connectivity index is 3.16. The summed E-state index contributed by atoms with van der Waals surface area (Å²) in [7, 11) is 1.47. The second-order valence-corrected chi connectivity index (χ2v) is 4.00. The number of nitrogens with two attached hydrogens (primary N) is 1. The lowest BCUT2D eigenvalue weighted by atomic mass is 10.0. The Morgan fingerprint density at radius 3 is 2.05 bits per heavy atom. The molecule has 0 aliphatic carbocycles. The molecule has 102 valence electrons. The predicted molar refractivity (Wildman–Crippen MR) is 71.0 cm³/mol. The Kier molecular flexibility index (Phi) is 5.05. The van der Waals surface area contributed by atoms with Crippen molar-refractivity contribution in [3.05, 3.63) is 34.9 Å². The molecule has 0 spiro atoms. The predicted octanol–water partition coefficient (Wildman–Crippen LogP) is 0.285. The quantitative estimate of drug-likeness (QED) is 0.711. The van der Waals surface area contributed by atoms with E-state index >= 15 is 0 Å². The number of nitrogens with one attached hydrogen (secondary N) is 2. The van der Waals surface area contributed by atoms with Gasteiger partial charge in [0.2, 0.25) is 5.91 Å². The molecule has 0 aliphatic heterocycles. The third kappa shape index (κ3) is 3.80. The average molecular weight is 263 g/mol. The van der Waals surface area contributed by atoms with Crippen molar-refractivity contribution in [2.24, 2.45) is 5.73 Å². The zero-order chi connectivity index (χ0) is 14.4. The van der Waals surface area contributed by atoms with E-state index in [1.54, 1.807) is 0 Å². The Morgan fingerprint density at radius 1 is 1.05 bits per heavy atom. The Hall–Kier alpha value is -2.37. The van der Waals surface area contributed by atoms with Crippen LogP contribution in [0.3, 0.4) is 0 Å². The van der Waals surface area contributed by atoms with Crippen molar-refractivity contribution in [3.63, 3.8) is 0 Å². The zero-order valence-electron chi connectivity index (χ0n) is 10.9. The van der Waals surface area contributed by atoms with Gasteiger partial charge in [0.05, 0.1) is 0 Å². The summed E-state index contributed by atoms with van der Waals surface area (Å²) in [5.74, 6) is -1.40. The number of amides is 3. The molecule has 1 aromatic rings. The van der Waals surface area contributed by atoms with E-state index in [1.165, 1.54) is 25.2 Å². The first-order valence-corrected chi connectivity index (χ1v) is 5.94. The first kappa shape index (κ1) is 14.7. The summed E-state index contributed by atoms with van der Waals surface area (Å²) in [6.45, 7) is 2.45. The Labute approximate surface area is 111 Å². The first-order valence-electron chi connectivity index (χ1n) is 5.94. The number of hydrogen-bond donors (Lipinski definition) is 3. The van der Waals surface area contributed by atoms with Crippen LogP contribution in [0.15, 0.2) is 18.2 Å². The highest BCUT2D eigenvalue weighted by Crippen LogP contribution is 2.10. The Morgan fingerprint density at radius 2 is 1.58 bits per heavy atom. The first-order chi connectivity index (χ1) is 8.99. The van der Waals surface area contributed by atoms with Crippen molar-refractivity contribution in [1.82, 2.24) is 10.6 Å². The maximum atomic E-state index is 11.8. The van der Waals surface area contributed by atoms with Crippen LogP contribution in [-0.2, 0) is 0 Å². The van der Waals surface area contributed by atoms with Crippen molar-refractivity contribution in [3.8, 4) is 0 Å². The van der Waals surface area contributed by atoms with Crippen LogP contribution in [0.4, 0.5) is 0 Å². The molecular formula is C13H17N3O3. The molecule has 0 atom stereocenters. The molecule has 3 amide bonds. The van der Waals surface area contributed by atoms with Crippen molar-refractivity contribution in [2.75, 3.05) is 13.6 Å². The van der Waals surface area contributed by atoms with Gasteiger partial charge in [0.25, 0.3) is 11.8 Å². The molecule has 0 unspecified atom stereocenters. The SMILES string of the molecule is CCCNC(=O)c1cc(C(N)=O)cc(C(=O)NC)c1. The molecule has 6 heteroatoms. The summed E-state index contributed by atoms with van der Waals surface area (Å²) in [4.78, 5) is 34.6. The second kappa shape index (κ2) is 6.53. The number of benzene rings is 1. The van der Waals surface area contributed by atoms with Gasteiger partial charge in [-0.2, -0.15) is 0 Å². The van der Waals surface area contributed by atoms with E-state index < -0.39 is 5.91 Å². The molecular weight excluding hydrogens is 246 g/mol. The van der Waals surface area contributed by atoms with Gasteiger partial charge in [0.1, 0.15) is 0 Å². The molecule has 0 saturated carbocycles. The van der Waals surface area contributed by atoms with Gasteiger partial charge in [-0.05, 0) is 24.6 Å². The van der Waals surface area contributed by atoms with E-state index in [9.17, 15) is 14.4 Å². The third-order valence-corrected chi connectivity index (χ3v) is 2.50. The second-order valence-electron chi connectivity index (χ2n) is 4.00. The van der Waals surface area contributed by atoms with Crippen LogP contribution >= 0.6 is 0 Å². The Bertz CT molecular complexity index is 512. The fourth-order valence-electron chi connectivity index (χ4n) is 1.52. The molecule has 0 saturated heterocycles. The van der Waals surface area contributed by atoms with Crippen LogP contribution in [-0.4, -0.2) is 31.3 Å². The minimum absolute atomic E-state index is 0.128. The van der Waals surface area contributed by atoms with E-state index in [2.05, 4.69) is 10.6 Å². The summed E-state index contributed by atoms with van der Waals surface area (Å²) in [6, 6.07) is 4.16. The van der Waals surface area contributed by atoms with E-state index in [-0.39, 0.29) is 28.5 Å². The highest BCUT2D eigenvalue weighted by molar-refractivity contribution is 6.04. The number of carbonyl (C=O) groups excluding carboxylic acids is 3. The number of primary amides is 1. The van der Waals surface area contributed by atoms with E-state index in [1.807, 2.05) is 6.92 Å². The van der Waals surface area contributed by atoms with Gasteiger partial charge in [0.15, 0.2) is 0 Å². The summed E-state index contributed by atoms with van der Waals surface area (Å²) < 4.78 is 0. The molecule has 0 radical (unpaired) electrons. The van der Waals surface area contributed by atoms with Crippen molar-refractivity contribution in [2.45, 2.75) is 13.3 Å². The van der Waals surface area contributed by atoms with E-state index in [0.717, 1.165) is 6.42 Å². The van der Waals surface area contributed by atoms with Gasteiger partial charge in [-0.25, -0.2) is 0 Å². The molecule has 0 aliphatic rings.